The van der Waals surface area contributed by atoms with E-state index in [0.29, 0.717) is 39.1 Å². The number of carbonyl (C=O) groups is 2. The smallest absolute Gasteiger partial charge is 0.225 e. The molecule has 0 spiro atoms. The average Bonchev–Trinajstić information content (AvgIpc) is 3.26. The molecular formula is C23H39N5O4. The Labute approximate surface area is 191 Å². The number of ether oxygens (including phenoxy) is 1. The molecule has 3 rings (SSSR count). The number of aliphatic hydroxyl groups is 1. The topological polar surface area (TPSA) is 101 Å². The Kier molecular flexibility index (Phi) is 9.04. The predicted octanol–water partition coefficient (Wildman–Crippen LogP) is 1.84. The SMILES string of the molecule is C[C@H]1CN([C@@H](C)CO)C(=O)CCCn2cc(nn2)CO[C@H]1CN(C)C(=O)C1CCCCC1. The molecular weight excluding hydrogens is 410 g/mol. The van der Waals surface area contributed by atoms with Crippen molar-refractivity contribution in [2.75, 3.05) is 26.7 Å². The molecule has 2 heterocycles. The molecule has 2 amide bonds. The zero-order valence-corrected chi connectivity index (χ0v) is 19.8. The second-order valence-corrected chi connectivity index (χ2v) is 9.53. The zero-order valence-electron chi connectivity index (χ0n) is 19.8. The van der Waals surface area contributed by atoms with Gasteiger partial charge in [-0.25, -0.2) is 0 Å². The minimum atomic E-state index is -0.269. The molecule has 0 saturated heterocycles. The molecule has 1 aliphatic carbocycles. The van der Waals surface area contributed by atoms with Gasteiger partial charge < -0.3 is 19.6 Å². The summed E-state index contributed by atoms with van der Waals surface area (Å²) in [6, 6.07) is -0.269. The van der Waals surface area contributed by atoms with Gasteiger partial charge in [0.05, 0.1) is 31.6 Å². The van der Waals surface area contributed by atoms with Crippen LogP contribution in [0.25, 0.3) is 0 Å². The van der Waals surface area contributed by atoms with Crippen molar-refractivity contribution in [2.24, 2.45) is 11.8 Å². The Bertz CT molecular complexity index is 749. The summed E-state index contributed by atoms with van der Waals surface area (Å²) in [6.45, 7) is 5.67. The fourth-order valence-electron chi connectivity index (χ4n) is 4.71. The second kappa shape index (κ2) is 11.7. The maximum absolute atomic E-state index is 13.0. The zero-order chi connectivity index (χ0) is 23.1. The lowest BCUT2D eigenvalue weighted by Crippen LogP contribution is -2.48. The van der Waals surface area contributed by atoms with Crippen LogP contribution in [-0.2, 0) is 27.5 Å². The summed E-state index contributed by atoms with van der Waals surface area (Å²) in [5.41, 5.74) is 0.745. The number of fused-ring (bicyclic) bond motifs is 2. The summed E-state index contributed by atoms with van der Waals surface area (Å²) >= 11 is 0. The van der Waals surface area contributed by atoms with Gasteiger partial charge >= 0.3 is 0 Å². The molecule has 1 saturated carbocycles. The van der Waals surface area contributed by atoms with Crippen molar-refractivity contribution in [3.63, 3.8) is 0 Å². The molecule has 0 unspecified atom stereocenters. The molecule has 3 atom stereocenters. The fourth-order valence-corrected chi connectivity index (χ4v) is 4.71. The molecule has 2 bridgehead atoms. The molecule has 32 heavy (non-hydrogen) atoms. The molecule has 1 aromatic heterocycles. The van der Waals surface area contributed by atoms with Crippen molar-refractivity contribution in [3.8, 4) is 0 Å². The van der Waals surface area contributed by atoms with E-state index in [4.69, 9.17) is 4.74 Å². The lowest BCUT2D eigenvalue weighted by Gasteiger charge is -2.36. The van der Waals surface area contributed by atoms with Crippen LogP contribution in [0.15, 0.2) is 6.20 Å². The molecule has 1 aliphatic heterocycles. The Morgan fingerprint density at radius 3 is 2.78 bits per heavy atom. The third-order valence-corrected chi connectivity index (χ3v) is 6.83. The van der Waals surface area contributed by atoms with Gasteiger partial charge in [-0.3, -0.25) is 14.3 Å². The van der Waals surface area contributed by atoms with Gasteiger partial charge in [0.25, 0.3) is 0 Å². The van der Waals surface area contributed by atoms with Crippen molar-refractivity contribution in [1.29, 1.82) is 0 Å². The number of amides is 2. The first-order chi connectivity index (χ1) is 15.4. The van der Waals surface area contributed by atoms with Crippen LogP contribution < -0.4 is 0 Å². The second-order valence-electron chi connectivity index (χ2n) is 9.53. The minimum absolute atomic E-state index is 0.0170. The summed E-state index contributed by atoms with van der Waals surface area (Å²) in [7, 11) is 1.85. The maximum atomic E-state index is 13.0. The molecule has 0 radical (unpaired) electrons. The number of hydrogen-bond donors (Lipinski definition) is 1. The number of nitrogens with zero attached hydrogens (tertiary/aromatic N) is 5. The molecule has 2 aliphatic rings. The van der Waals surface area contributed by atoms with E-state index in [1.807, 2.05) is 27.1 Å². The average molecular weight is 450 g/mol. The Hall–Kier alpha value is -2.00. The van der Waals surface area contributed by atoms with Gasteiger partial charge in [-0.15, -0.1) is 5.10 Å². The number of carbonyl (C=O) groups excluding carboxylic acids is 2. The third-order valence-electron chi connectivity index (χ3n) is 6.83. The normalized spacial score (nSPS) is 24.9. The lowest BCUT2D eigenvalue weighted by atomic mass is 9.88. The van der Waals surface area contributed by atoms with Gasteiger partial charge in [0.15, 0.2) is 0 Å². The quantitative estimate of drug-likeness (QED) is 0.736. The van der Waals surface area contributed by atoms with E-state index in [1.165, 1.54) is 6.42 Å². The van der Waals surface area contributed by atoms with Crippen LogP contribution in [0.3, 0.4) is 0 Å². The Morgan fingerprint density at radius 1 is 1.31 bits per heavy atom. The van der Waals surface area contributed by atoms with E-state index in [9.17, 15) is 14.7 Å². The van der Waals surface area contributed by atoms with Crippen molar-refractivity contribution in [3.05, 3.63) is 11.9 Å². The number of aromatic nitrogens is 3. The lowest BCUT2D eigenvalue weighted by molar-refractivity contribution is -0.140. The summed E-state index contributed by atoms with van der Waals surface area (Å²) in [4.78, 5) is 29.5. The first-order valence-corrected chi connectivity index (χ1v) is 12.0. The monoisotopic (exact) mass is 449 g/mol. The van der Waals surface area contributed by atoms with E-state index in [0.717, 1.165) is 31.4 Å². The summed E-state index contributed by atoms with van der Waals surface area (Å²) in [5, 5.41) is 18.0. The van der Waals surface area contributed by atoms with Crippen molar-refractivity contribution in [1.82, 2.24) is 24.8 Å². The van der Waals surface area contributed by atoms with Crippen LogP contribution in [-0.4, -0.2) is 80.6 Å². The van der Waals surface area contributed by atoms with Gasteiger partial charge in [0.1, 0.15) is 5.69 Å². The van der Waals surface area contributed by atoms with Crippen molar-refractivity contribution in [2.45, 2.75) is 84.1 Å². The number of likely N-dealkylation sites (N-methyl/N-ethyl adjacent to an activating group) is 1. The Morgan fingerprint density at radius 2 is 2.06 bits per heavy atom. The van der Waals surface area contributed by atoms with Crippen LogP contribution in [0.4, 0.5) is 0 Å². The van der Waals surface area contributed by atoms with Crippen LogP contribution in [0.2, 0.25) is 0 Å². The first-order valence-electron chi connectivity index (χ1n) is 12.0. The number of aliphatic hydroxyl groups excluding tert-OH is 1. The highest BCUT2D eigenvalue weighted by molar-refractivity contribution is 5.78. The van der Waals surface area contributed by atoms with Crippen LogP contribution in [0, 0.1) is 11.8 Å². The van der Waals surface area contributed by atoms with Crippen LogP contribution >= 0.6 is 0 Å². The van der Waals surface area contributed by atoms with Crippen molar-refractivity contribution < 1.29 is 19.4 Å². The third kappa shape index (κ3) is 6.51. The molecule has 0 aromatic carbocycles. The number of rotatable bonds is 5. The van der Waals surface area contributed by atoms with Gasteiger partial charge in [-0.05, 0) is 26.2 Å². The highest BCUT2D eigenvalue weighted by Crippen LogP contribution is 2.26. The van der Waals surface area contributed by atoms with Gasteiger partial charge in [0.2, 0.25) is 11.8 Å². The standard InChI is InChI=1S/C23H39N5O4/c1-17-12-28(18(2)15-29)22(30)10-7-11-27-13-20(24-25-27)16-32-21(17)14-26(3)23(31)19-8-5-4-6-9-19/h13,17-19,21,29H,4-12,14-16H2,1-3H3/t17-,18-,21-/m0/s1. The van der Waals surface area contributed by atoms with E-state index >= 15 is 0 Å². The molecule has 1 fully saturated rings. The van der Waals surface area contributed by atoms with E-state index < -0.39 is 0 Å². The first kappa shape index (κ1) is 24.6. The summed E-state index contributed by atoms with van der Waals surface area (Å²) in [6.07, 6.45) is 8.01. The molecule has 9 nitrogen and oxygen atoms in total. The van der Waals surface area contributed by atoms with E-state index in [2.05, 4.69) is 10.3 Å². The van der Waals surface area contributed by atoms with Crippen LogP contribution in [0.5, 0.6) is 0 Å². The van der Waals surface area contributed by atoms with Gasteiger partial charge in [-0.2, -0.15) is 0 Å². The largest absolute Gasteiger partial charge is 0.394 e. The summed E-state index contributed by atoms with van der Waals surface area (Å²) < 4.78 is 8.00. The highest BCUT2D eigenvalue weighted by Gasteiger charge is 2.30. The molecule has 9 heteroatoms. The predicted molar refractivity (Wildman–Crippen MR) is 119 cm³/mol. The fraction of sp³-hybridized carbons (Fsp3) is 0.826. The number of aryl methyl sites for hydroxylation is 1. The van der Waals surface area contributed by atoms with Gasteiger partial charge in [-0.1, -0.05) is 31.4 Å². The van der Waals surface area contributed by atoms with E-state index in [1.54, 1.807) is 14.5 Å². The minimum Gasteiger partial charge on any atom is -0.394 e. The summed E-state index contributed by atoms with van der Waals surface area (Å²) in [5.74, 6) is 0.283. The number of hydrogen-bond acceptors (Lipinski definition) is 6. The van der Waals surface area contributed by atoms with Crippen LogP contribution in [0.1, 0.15) is 64.5 Å². The molecule has 1 aromatic rings. The van der Waals surface area contributed by atoms with Crippen molar-refractivity contribution >= 4 is 11.8 Å². The molecule has 1 N–H and O–H groups in total. The molecule has 180 valence electrons. The van der Waals surface area contributed by atoms with E-state index in [-0.39, 0.29) is 42.4 Å². The maximum Gasteiger partial charge on any atom is 0.225 e. The van der Waals surface area contributed by atoms with Gasteiger partial charge in [0, 0.05) is 44.9 Å². The Balaban J connectivity index is 1.75. The highest BCUT2D eigenvalue weighted by atomic mass is 16.5.